The van der Waals surface area contributed by atoms with Crippen molar-refractivity contribution in [2.45, 2.75) is 46.0 Å². The molecule has 0 radical (unpaired) electrons. The van der Waals surface area contributed by atoms with Crippen LogP contribution in [-0.2, 0) is 4.79 Å². The van der Waals surface area contributed by atoms with E-state index in [1.165, 1.54) is 6.92 Å². The third-order valence-electron chi connectivity index (χ3n) is 4.36. The molecule has 162 valence electrons. The highest BCUT2D eigenvalue weighted by Gasteiger charge is 2.16. The summed E-state index contributed by atoms with van der Waals surface area (Å²) in [7, 11) is 0. The fourth-order valence-corrected chi connectivity index (χ4v) is 3.61. The number of carbonyl (C=O) groups is 2. The average molecular weight is 433 g/mol. The molecule has 1 aromatic carbocycles. The normalized spacial score (nSPS) is 10.5. The summed E-state index contributed by atoms with van der Waals surface area (Å²) in [6.45, 7) is 4.56. The van der Waals surface area contributed by atoms with E-state index in [0.717, 1.165) is 62.2 Å². The molecule has 0 atom stereocenters. The number of thiazole rings is 1. The SMILES string of the molecule is CC(=O)Nc1cc(NCCCCCCCN)ccc1C(=O)Nc1nc(C)c(N=O)s1. The number of anilines is 3. The molecule has 2 aromatic rings. The van der Waals surface area contributed by atoms with Gasteiger partial charge in [-0.1, -0.05) is 30.6 Å². The van der Waals surface area contributed by atoms with Crippen molar-refractivity contribution >= 4 is 44.7 Å². The number of carbonyl (C=O) groups excluding carboxylic acids is 2. The van der Waals surface area contributed by atoms with E-state index in [2.05, 4.69) is 26.1 Å². The summed E-state index contributed by atoms with van der Waals surface area (Å²) in [5, 5.41) is 12.0. The number of nitroso groups, excluding NO2 is 1. The highest BCUT2D eigenvalue weighted by molar-refractivity contribution is 7.19. The van der Waals surface area contributed by atoms with Crippen LogP contribution in [0.15, 0.2) is 23.4 Å². The molecule has 1 aromatic heterocycles. The predicted octanol–water partition coefficient (Wildman–Crippen LogP) is 4.38. The van der Waals surface area contributed by atoms with E-state index < -0.39 is 5.91 Å². The zero-order chi connectivity index (χ0) is 21.9. The van der Waals surface area contributed by atoms with E-state index in [1.807, 2.05) is 0 Å². The van der Waals surface area contributed by atoms with E-state index in [9.17, 15) is 14.5 Å². The van der Waals surface area contributed by atoms with Gasteiger partial charge in [0.2, 0.25) is 5.91 Å². The summed E-state index contributed by atoms with van der Waals surface area (Å²) in [6.07, 6.45) is 5.52. The second-order valence-electron chi connectivity index (χ2n) is 6.88. The summed E-state index contributed by atoms with van der Waals surface area (Å²) in [4.78, 5) is 39.1. The molecular weight excluding hydrogens is 404 g/mol. The number of unbranched alkanes of at least 4 members (excludes halogenated alkanes) is 4. The summed E-state index contributed by atoms with van der Waals surface area (Å²) >= 11 is 0.997. The van der Waals surface area contributed by atoms with Gasteiger partial charge in [-0.15, -0.1) is 4.91 Å². The number of nitrogens with zero attached hydrogens (tertiary/aromatic N) is 2. The number of aryl methyl sites for hydroxylation is 1. The zero-order valence-electron chi connectivity index (χ0n) is 17.3. The van der Waals surface area contributed by atoms with E-state index in [4.69, 9.17) is 5.73 Å². The van der Waals surface area contributed by atoms with Crippen LogP contribution in [0.5, 0.6) is 0 Å². The number of rotatable bonds is 12. The smallest absolute Gasteiger partial charge is 0.259 e. The molecule has 0 aliphatic carbocycles. The molecule has 0 bridgehead atoms. The van der Waals surface area contributed by atoms with Gasteiger partial charge < -0.3 is 16.4 Å². The summed E-state index contributed by atoms with van der Waals surface area (Å²) < 4.78 is 0. The lowest BCUT2D eigenvalue weighted by atomic mass is 10.1. The summed E-state index contributed by atoms with van der Waals surface area (Å²) in [5.74, 6) is -0.713. The molecule has 1 heterocycles. The third-order valence-corrected chi connectivity index (χ3v) is 5.31. The second kappa shape index (κ2) is 12.0. The van der Waals surface area contributed by atoms with Crippen LogP contribution in [0, 0.1) is 11.8 Å². The minimum Gasteiger partial charge on any atom is -0.385 e. The van der Waals surface area contributed by atoms with Crippen LogP contribution in [0.2, 0.25) is 0 Å². The van der Waals surface area contributed by atoms with Crippen LogP contribution in [0.3, 0.4) is 0 Å². The minimum atomic E-state index is -0.434. The number of benzene rings is 1. The number of amides is 2. The lowest BCUT2D eigenvalue weighted by molar-refractivity contribution is -0.114. The third kappa shape index (κ3) is 7.20. The van der Waals surface area contributed by atoms with Crippen molar-refractivity contribution in [1.29, 1.82) is 0 Å². The molecule has 9 nitrogen and oxygen atoms in total. The molecule has 0 saturated heterocycles. The van der Waals surface area contributed by atoms with Gasteiger partial charge in [-0.05, 0) is 49.7 Å². The van der Waals surface area contributed by atoms with Gasteiger partial charge in [-0.3, -0.25) is 14.9 Å². The van der Waals surface area contributed by atoms with Crippen molar-refractivity contribution in [3.8, 4) is 0 Å². The molecule has 2 amide bonds. The van der Waals surface area contributed by atoms with E-state index >= 15 is 0 Å². The molecular formula is C20H28N6O3S. The zero-order valence-corrected chi connectivity index (χ0v) is 18.1. The Labute approximate surface area is 179 Å². The van der Waals surface area contributed by atoms with Crippen molar-refractivity contribution in [1.82, 2.24) is 4.98 Å². The van der Waals surface area contributed by atoms with Gasteiger partial charge in [0.15, 0.2) is 10.1 Å². The second-order valence-corrected chi connectivity index (χ2v) is 7.86. The van der Waals surface area contributed by atoms with Crippen molar-refractivity contribution in [2.75, 3.05) is 29.0 Å². The molecule has 10 heteroatoms. The Kier molecular flexibility index (Phi) is 9.36. The van der Waals surface area contributed by atoms with E-state index in [1.54, 1.807) is 25.1 Å². The van der Waals surface area contributed by atoms with Crippen molar-refractivity contribution in [3.63, 3.8) is 0 Å². The fourth-order valence-electron chi connectivity index (χ4n) is 2.87. The Hall–Kier alpha value is -2.85. The fraction of sp³-hybridized carbons (Fsp3) is 0.450. The quantitative estimate of drug-likeness (QED) is 0.290. The molecule has 0 fully saturated rings. The highest BCUT2D eigenvalue weighted by atomic mass is 32.1. The number of hydrogen-bond donors (Lipinski definition) is 4. The van der Waals surface area contributed by atoms with Crippen molar-refractivity contribution < 1.29 is 9.59 Å². The molecule has 0 aliphatic rings. The van der Waals surface area contributed by atoms with Crippen LogP contribution in [0.4, 0.5) is 21.5 Å². The Morgan fingerprint density at radius 2 is 1.87 bits per heavy atom. The molecule has 0 aliphatic heterocycles. The predicted molar refractivity (Wildman–Crippen MR) is 122 cm³/mol. The first-order valence-corrected chi connectivity index (χ1v) is 10.7. The van der Waals surface area contributed by atoms with Gasteiger partial charge in [-0.25, -0.2) is 4.98 Å². The van der Waals surface area contributed by atoms with Crippen LogP contribution in [0.25, 0.3) is 0 Å². The summed E-state index contributed by atoms with van der Waals surface area (Å²) in [6, 6.07) is 5.17. The molecule has 30 heavy (non-hydrogen) atoms. The van der Waals surface area contributed by atoms with E-state index in [-0.39, 0.29) is 16.0 Å². The van der Waals surface area contributed by atoms with Gasteiger partial charge in [0.25, 0.3) is 5.91 Å². The standard InChI is InChI=1S/C20H28N6O3S/c1-13-19(26-29)30-20(23-13)25-18(28)16-9-8-15(12-17(16)24-14(2)27)22-11-7-5-3-4-6-10-21/h8-9,12,22H,3-7,10-11,21H2,1-2H3,(H,24,27)(H,23,25,28). The van der Waals surface area contributed by atoms with Crippen LogP contribution in [0.1, 0.15) is 55.1 Å². The highest BCUT2D eigenvalue weighted by Crippen LogP contribution is 2.31. The molecule has 0 unspecified atom stereocenters. The maximum atomic E-state index is 12.7. The maximum Gasteiger partial charge on any atom is 0.259 e. The number of nitrogens with one attached hydrogen (secondary N) is 3. The average Bonchev–Trinajstić information content (AvgIpc) is 3.06. The van der Waals surface area contributed by atoms with Gasteiger partial charge in [0.05, 0.1) is 16.9 Å². The first-order chi connectivity index (χ1) is 14.4. The largest absolute Gasteiger partial charge is 0.385 e. The molecule has 0 spiro atoms. The molecule has 5 N–H and O–H groups in total. The summed E-state index contributed by atoms with van der Waals surface area (Å²) in [5.41, 5.74) is 7.46. The lowest BCUT2D eigenvalue weighted by Gasteiger charge is -2.13. The first kappa shape index (κ1) is 23.4. The molecule has 2 rings (SSSR count). The van der Waals surface area contributed by atoms with Gasteiger partial charge in [0.1, 0.15) is 0 Å². The van der Waals surface area contributed by atoms with E-state index in [0.29, 0.717) is 16.9 Å². The lowest BCUT2D eigenvalue weighted by Crippen LogP contribution is -2.17. The minimum absolute atomic E-state index is 0.218. The number of aromatic nitrogens is 1. The Morgan fingerprint density at radius 1 is 1.13 bits per heavy atom. The molecule has 0 saturated carbocycles. The van der Waals surface area contributed by atoms with Gasteiger partial charge in [-0.2, -0.15) is 0 Å². The van der Waals surface area contributed by atoms with Crippen LogP contribution >= 0.6 is 11.3 Å². The Bertz CT molecular complexity index is 883. The van der Waals surface area contributed by atoms with Gasteiger partial charge in [0, 0.05) is 19.2 Å². The van der Waals surface area contributed by atoms with Crippen molar-refractivity contribution in [2.24, 2.45) is 10.9 Å². The Balaban J connectivity index is 2.02. The van der Waals surface area contributed by atoms with Crippen molar-refractivity contribution in [3.05, 3.63) is 34.4 Å². The first-order valence-electron chi connectivity index (χ1n) is 9.92. The topological polar surface area (TPSA) is 139 Å². The maximum absolute atomic E-state index is 12.7. The van der Waals surface area contributed by atoms with Crippen LogP contribution in [-0.4, -0.2) is 29.9 Å². The number of nitrogens with two attached hydrogens (primary N) is 1. The van der Waals surface area contributed by atoms with Gasteiger partial charge >= 0.3 is 0 Å². The van der Waals surface area contributed by atoms with Crippen LogP contribution < -0.4 is 21.7 Å². The monoisotopic (exact) mass is 432 g/mol. The Morgan fingerprint density at radius 3 is 2.53 bits per heavy atom. The number of hydrogen-bond acceptors (Lipinski definition) is 8.